The maximum absolute atomic E-state index is 13.4. The molecule has 0 fully saturated rings. The van der Waals surface area contributed by atoms with Gasteiger partial charge < -0.3 is 10.1 Å². The second kappa shape index (κ2) is 10.2. The third kappa shape index (κ3) is 5.84. The first-order valence-electron chi connectivity index (χ1n) is 9.64. The zero-order chi connectivity index (χ0) is 24.2. The topological polar surface area (TPSA) is 92.8 Å². The Bertz CT molecular complexity index is 1280. The van der Waals surface area contributed by atoms with E-state index in [-0.39, 0.29) is 21.2 Å². The summed E-state index contributed by atoms with van der Waals surface area (Å²) in [5, 5.41) is 3.13. The molecule has 0 unspecified atom stereocenters. The molecular weight excluding hydrogens is 487 g/mol. The smallest absolute Gasteiger partial charge is 0.337 e. The van der Waals surface area contributed by atoms with E-state index >= 15 is 0 Å². The van der Waals surface area contributed by atoms with Crippen molar-refractivity contribution >= 4 is 56.5 Å². The number of benzene rings is 3. The maximum atomic E-state index is 13.4. The van der Waals surface area contributed by atoms with Gasteiger partial charge in [0.15, 0.2) is 0 Å². The van der Waals surface area contributed by atoms with Crippen LogP contribution in [0.4, 0.5) is 11.4 Å². The summed E-state index contributed by atoms with van der Waals surface area (Å²) in [5.74, 6) is -1.26. The number of anilines is 2. The molecule has 0 aliphatic heterocycles. The molecule has 0 radical (unpaired) electrons. The normalized spacial score (nSPS) is 11.0. The van der Waals surface area contributed by atoms with Crippen molar-refractivity contribution in [1.82, 2.24) is 0 Å². The molecule has 3 aromatic carbocycles. The van der Waals surface area contributed by atoms with Gasteiger partial charge in [0.1, 0.15) is 6.54 Å². The maximum Gasteiger partial charge on any atom is 0.337 e. The first-order chi connectivity index (χ1) is 15.6. The van der Waals surface area contributed by atoms with Crippen molar-refractivity contribution < 1.29 is 22.7 Å². The number of rotatable bonds is 7. The van der Waals surface area contributed by atoms with Gasteiger partial charge in [0.2, 0.25) is 5.91 Å². The monoisotopic (exact) mass is 506 g/mol. The van der Waals surface area contributed by atoms with Crippen LogP contribution in [-0.4, -0.2) is 33.9 Å². The van der Waals surface area contributed by atoms with Crippen molar-refractivity contribution in [3.05, 3.63) is 87.9 Å². The summed E-state index contributed by atoms with van der Waals surface area (Å²) in [7, 11) is -2.87. The number of carbonyl (C=O) groups excluding carboxylic acids is 2. The van der Waals surface area contributed by atoms with E-state index < -0.39 is 28.4 Å². The Morgan fingerprint density at radius 1 is 0.970 bits per heavy atom. The summed E-state index contributed by atoms with van der Waals surface area (Å²) in [6.07, 6.45) is 0. The van der Waals surface area contributed by atoms with Crippen LogP contribution in [-0.2, 0) is 19.6 Å². The van der Waals surface area contributed by atoms with Gasteiger partial charge in [0.05, 0.1) is 34.0 Å². The minimum atomic E-state index is -4.10. The number of aryl methyl sites for hydroxylation is 1. The number of nitrogens with zero attached hydrogens (tertiary/aromatic N) is 1. The second-order valence-electron chi connectivity index (χ2n) is 7.04. The number of esters is 1. The van der Waals surface area contributed by atoms with Crippen LogP contribution in [0.1, 0.15) is 15.9 Å². The third-order valence-electron chi connectivity index (χ3n) is 4.67. The molecule has 33 heavy (non-hydrogen) atoms. The standard InChI is InChI=1S/C23H20Cl2N2O5S/c1-15-3-8-18(9-4-15)27(33(30,31)19-10-6-17(24)7-11-19)14-22(28)26-21-13-16(23(29)32-2)5-12-20(21)25/h3-13H,14H2,1-2H3,(H,26,28). The fraction of sp³-hybridized carbons (Fsp3) is 0.130. The first kappa shape index (κ1) is 24.6. The summed E-state index contributed by atoms with van der Waals surface area (Å²) >= 11 is 12.0. The molecule has 0 heterocycles. The Morgan fingerprint density at radius 3 is 2.21 bits per heavy atom. The van der Waals surface area contributed by atoms with Gasteiger partial charge in [-0.15, -0.1) is 0 Å². The molecule has 1 N–H and O–H groups in total. The van der Waals surface area contributed by atoms with Crippen LogP contribution in [0.2, 0.25) is 10.0 Å². The van der Waals surface area contributed by atoms with Gasteiger partial charge in [0, 0.05) is 5.02 Å². The van der Waals surface area contributed by atoms with Crippen molar-refractivity contribution in [2.45, 2.75) is 11.8 Å². The summed E-state index contributed by atoms with van der Waals surface area (Å²) in [6, 6.07) is 16.6. The number of sulfonamides is 1. The molecule has 0 aromatic heterocycles. The predicted octanol–water partition coefficient (Wildman–Crippen LogP) is 4.92. The molecule has 172 valence electrons. The first-order valence-corrected chi connectivity index (χ1v) is 11.8. The van der Waals surface area contributed by atoms with Crippen LogP contribution in [0.25, 0.3) is 0 Å². The number of nitrogens with one attached hydrogen (secondary N) is 1. The zero-order valence-corrected chi connectivity index (χ0v) is 20.0. The molecular formula is C23H20Cl2N2O5S. The SMILES string of the molecule is COC(=O)c1ccc(Cl)c(NC(=O)CN(c2ccc(C)cc2)S(=O)(=O)c2ccc(Cl)cc2)c1. The zero-order valence-electron chi connectivity index (χ0n) is 17.7. The number of carbonyl (C=O) groups is 2. The van der Waals surface area contributed by atoms with Crippen molar-refractivity contribution in [2.24, 2.45) is 0 Å². The summed E-state index contributed by atoms with van der Waals surface area (Å²) in [5.41, 5.74) is 1.57. The highest BCUT2D eigenvalue weighted by atomic mass is 35.5. The molecule has 0 bridgehead atoms. The van der Waals surface area contributed by atoms with Crippen LogP contribution in [0, 0.1) is 6.92 Å². The highest BCUT2D eigenvalue weighted by Crippen LogP contribution is 2.27. The van der Waals surface area contributed by atoms with Crippen LogP contribution >= 0.6 is 23.2 Å². The molecule has 7 nitrogen and oxygen atoms in total. The number of amides is 1. The lowest BCUT2D eigenvalue weighted by Crippen LogP contribution is -2.38. The minimum absolute atomic E-state index is 0.0222. The molecule has 3 aromatic rings. The quantitative estimate of drug-likeness (QED) is 0.459. The molecule has 0 spiro atoms. The predicted molar refractivity (Wildman–Crippen MR) is 129 cm³/mol. The Kier molecular flexibility index (Phi) is 7.63. The van der Waals surface area contributed by atoms with Crippen molar-refractivity contribution in [2.75, 3.05) is 23.3 Å². The van der Waals surface area contributed by atoms with Crippen LogP contribution in [0.5, 0.6) is 0 Å². The third-order valence-corrected chi connectivity index (χ3v) is 7.04. The number of methoxy groups -OCH3 is 1. The Morgan fingerprint density at radius 2 is 1.61 bits per heavy atom. The van der Waals surface area contributed by atoms with Gasteiger partial charge in [-0.2, -0.15) is 0 Å². The minimum Gasteiger partial charge on any atom is -0.465 e. The molecule has 1 amide bonds. The summed E-state index contributed by atoms with van der Waals surface area (Å²) < 4.78 is 32.4. The summed E-state index contributed by atoms with van der Waals surface area (Å²) in [4.78, 5) is 24.7. The van der Waals surface area contributed by atoms with Gasteiger partial charge in [-0.05, 0) is 61.5 Å². The van der Waals surface area contributed by atoms with Crippen LogP contribution in [0.15, 0.2) is 71.6 Å². The van der Waals surface area contributed by atoms with Crippen LogP contribution in [0.3, 0.4) is 0 Å². The van der Waals surface area contributed by atoms with Crippen LogP contribution < -0.4 is 9.62 Å². The van der Waals surface area contributed by atoms with E-state index in [1.165, 1.54) is 49.6 Å². The molecule has 0 atom stereocenters. The Balaban J connectivity index is 1.94. The number of hydrogen-bond donors (Lipinski definition) is 1. The van der Waals surface area contributed by atoms with Gasteiger partial charge in [-0.1, -0.05) is 40.9 Å². The lowest BCUT2D eigenvalue weighted by molar-refractivity contribution is -0.114. The fourth-order valence-corrected chi connectivity index (χ4v) is 4.66. The lowest BCUT2D eigenvalue weighted by atomic mass is 10.2. The van der Waals surface area contributed by atoms with E-state index in [9.17, 15) is 18.0 Å². The van der Waals surface area contributed by atoms with E-state index in [0.717, 1.165) is 9.87 Å². The van der Waals surface area contributed by atoms with Crippen molar-refractivity contribution in [3.63, 3.8) is 0 Å². The average molecular weight is 507 g/mol. The molecule has 0 saturated heterocycles. The summed E-state index contributed by atoms with van der Waals surface area (Å²) in [6.45, 7) is 1.33. The Hall–Kier alpha value is -3.07. The van der Waals surface area contributed by atoms with Gasteiger partial charge in [-0.3, -0.25) is 9.10 Å². The van der Waals surface area contributed by atoms with E-state index in [4.69, 9.17) is 23.2 Å². The average Bonchev–Trinajstić information content (AvgIpc) is 2.79. The molecule has 0 aliphatic rings. The van der Waals surface area contributed by atoms with E-state index in [2.05, 4.69) is 10.1 Å². The molecule has 3 rings (SSSR count). The van der Waals surface area contributed by atoms with Gasteiger partial charge >= 0.3 is 5.97 Å². The van der Waals surface area contributed by atoms with Crippen molar-refractivity contribution in [3.8, 4) is 0 Å². The van der Waals surface area contributed by atoms with E-state index in [1.807, 2.05) is 6.92 Å². The molecule has 0 saturated carbocycles. The highest BCUT2D eigenvalue weighted by molar-refractivity contribution is 7.92. The second-order valence-corrected chi connectivity index (χ2v) is 9.74. The molecule has 10 heteroatoms. The lowest BCUT2D eigenvalue weighted by Gasteiger charge is -2.24. The van der Waals surface area contributed by atoms with E-state index in [1.54, 1.807) is 24.3 Å². The molecule has 0 aliphatic carbocycles. The highest BCUT2D eigenvalue weighted by Gasteiger charge is 2.27. The number of halogens is 2. The van der Waals surface area contributed by atoms with Gasteiger partial charge in [-0.25, -0.2) is 13.2 Å². The number of ether oxygens (including phenoxy) is 1. The van der Waals surface area contributed by atoms with Gasteiger partial charge in [0.25, 0.3) is 10.0 Å². The fourth-order valence-electron chi connectivity index (χ4n) is 2.95. The Labute approximate surface area is 201 Å². The largest absolute Gasteiger partial charge is 0.465 e. The van der Waals surface area contributed by atoms with E-state index in [0.29, 0.717) is 10.7 Å². The number of hydrogen-bond acceptors (Lipinski definition) is 5. The van der Waals surface area contributed by atoms with Crippen molar-refractivity contribution in [1.29, 1.82) is 0 Å².